The van der Waals surface area contributed by atoms with E-state index in [1.807, 2.05) is 0 Å². The van der Waals surface area contributed by atoms with Gasteiger partial charge in [-0.05, 0) is 43.7 Å². The van der Waals surface area contributed by atoms with Gasteiger partial charge in [-0.25, -0.2) is 4.39 Å². The van der Waals surface area contributed by atoms with Crippen LogP contribution in [0.5, 0.6) is 0 Å². The predicted molar refractivity (Wildman–Crippen MR) is 80.5 cm³/mol. The van der Waals surface area contributed by atoms with Crippen molar-refractivity contribution in [2.45, 2.75) is 45.6 Å². The lowest BCUT2D eigenvalue weighted by atomic mass is 9.99. The molecule has 0 spiro atoms. The fourth-order valence-electron chi connectivity index (χ4n) is 2.31. The molecule has 21 heavy (non-hydrogen) atoms. The predicted octanol–water partition coefficient (Wildman–Crippen LogP) is 3.76. The highest BCUT2D eigenvalue weighted by molar-refractivity contribution is 5.53. The molecular weight excluding hydrogens is 269 g/mol. The van der Waals surface area contributed by atoms with Crippen LogP contribution in [0.2, 0.25) is 0 Å². The molecule has 0 radical (unpaired) electrons. The van der Waals surface area contributed by atoms with Crippen LogP contribution in [0.1, 0.15) is 45.4 Å². The molecule has 0 amide bonds. The molecular formula is C16H22FN3O. The first kappa shape index (κ1) is 15.6. The molecule has 0 fully saturated rings. The molecule has 5 heteroatoms. The molecule has 1 aromatic heterocycles. The van der Waals surface area contributed by atoms with E-state index >= 15 is 0 Å². The van der Waals surface area contributed by atoms with E-state index in [2.05, 4.69) is 36.2 Å². The van der Waals surface area contributed by atoms with Gasteiger partial charge in [0.15, 0.2) is 0 Å². The molecule has 0 saturated carbocycles. The lowest BCUT2D eigenvalue weighted by Gasteiger charge is -2.20. The van der Waals surface area contributed by atoms with Gasteiger partial charge in [0.05, 0.1) is 5.92 Å². The Morgan fingerprint density at radius 3 is 2.57 bits per heavy atom. The summed E-state index contributed by atoms with van der Waals surface area (Å²) in [7, 11) is 0. The molecule has 0 aliphatic rings. The Labute approximate surface area is 124 Å². The van der Waals surface area contributed by atoms with Gasteiger partial charge in [0.25, 0.3) is 0 Å². The molecule has 0 saturated heterocycles. The molecule has 2 aromatic rings. The molecule has 2 atom stereocenters. The van der Waals surface area contributed by atoms with Crippen LogP contribution in [-0.2, 0) is 0 Å². The van der Waals surface area contributed by atoms with Crippen molar-refractivity contribution >= 4 is 0 Å². The summed E-state index contributed by atoms with van der Waals surface area (Å²) < 4.78 is 18.3. The Hall–Kier alpha value is -1.75. The van der Waals surface area contributed by atoms with E-state index in [0.717, 1.165) is 24.9 Å². The van der Waals surface area contributed by atoms with Crippen LogP contribution in [-0.4, -0.2) is 22.7 Å². The minimum atomic E-state index is -0.273. The van der Waals surface area contributed by atoms with Gasteiger partial charge in [-0.2, -0.15) is 4.98 Å². The van der Waals surface area contributed by atoms with E-state index in [4.69, 9.17) is 4.52 Å². The fraction of sp³-hybridized carbons (Fsp3) is 0.500. The highest BCUT2D eigenvalue weighted by Crippen LogP contribution is 2.23. The van der Waals surface area contributed by atoms with Gasteiger partial charge in [-0.15, -0.1) is 0 Å². The van der Waals surface area contributed by atoms with Crippen molar-refractivity contribution in [3.05, 3.63) is 36.0 Å². The van der Waals surface area contributed by atoms with E-state index in [1.54, 1.807) is 12.1 Å². The largest absolute Gasteiger partial charge is 0.339 e. The first-order valence-corrected chi connectivity index (χ1v) is 7.48. The Morgan fingerprint density at radius 1 is 1.24 bits per heavy atom. The van der Waals surface area contributed by atoms with Crippen LogP contribution in [0.3, 0.4) is 0 Å². The van der Waals surface area contributed by atoms with Crippen molar-refractivity contribution in [3.63, 3.8) is 0 Å². The average Bonchev–Trinajstić information content (AvgIpc) is 2.98. The summed E-state index contributed by atoms with van der Waals surface area (Å²) in [6, 6.07) is 6.41. The topological polar surface area (TPSA) is 51.0 Å². The fourth-order valence-corrected chi connectivity index (χ4v) is 2.31. The van der Waals surface area contributed by atoms with Gasteiger partial charge < -0.3 is 9.84 Å². The molecule has 2 unspecified atom stereocenters. The van der Waals surface area contributed by atoms with Gasteiger partial charge in [0, 0.05) is 11.6 Å². The van der Waals surface area contributed by atoms with Crippen LogP contribution in [0, 0.1) is 5.82 Å². The Balaban J connectivity index is 2.12. The molecule has 1 N–H and O–H groups in total. The summed E-state index contributed by atoms with van der Waals surface area (Å²) >= 11 is 0. The molecule has 1 aromatic carbocycles. The third-order valence-electron chi connectivity index (χ3n) is 3.63. The zero-order valence-corrected chi connectivity index (χ0v) is 12.8. The van der Waals surface area contributed by atoms with E-state index in [1.165, 1.54) is 12.1 Å². The summed E-state index contributed by atoms with van der Waals surface area (Å²) in [5, 5.41) is 7.49. The molecule has 0 bridgehead atoms. The van der Waals surface area contributed by atoms with Crippen molar-refractivity contribution in [3.8, 4) is 11.4 Å². The third-order valence-corrected chi connectivity index (χ3v) is 3.63. The van der Waals surface area contributed by atoms with Crippen molar-refractivity contribution in [1.29, 1.82) is 0 Å². The van der Waals surface area contributed by atoms with E-state index < -0.39 is 0 Å². The van der Waals surface area contributed by atoms with E-state index in [9.17, 15) is 4.39 Å². The maximum atomic E-state index is 12.9. The maximum Gasteiger partial charge on any atom is 0.231 e. The lowest BCUT2D eigenvalue weighted by molar-refractivity contribution is 0.319. The molecule has 0 aliphatic carbocycles. The minimum Gasteiger partial charge on any atom is -0.339 e. The van der Waals surface area contributed by atoms with Gasteiger partial charge in [0.1, 0.15) is 5.82 Å². The van der Waals surface area contributed by atoms with Crippen molar-refractivity contribution < 1.29 is 8.91 Å². The maximum absolute atomic E-state index is 12.9. The molecule has 114 valence electrons. The number of hydrogen-bond acceptors (Lipinski definition) is 4. The van der Waals surface area contributed by atoms with Gasteiger partial charge in [-0.3, -0.25) is 0 Å². The second-order valence-corrected chi connectivity index (χ2v) is 5.22. The minimum absolute atomic E-state index is 0.142. The molecule has 2 rings (SSSR count). The summed E-state index contributed by atoms with van der Waals surface area (Å²) in [5.41, 5.74) is 0.758. The monoisotopic (exact) mass is 291 g/mol. The highest BCUT2D eigenvalue weighted by Gasteiger charge is 2.22. The van der Waals surface area contributed by atoms with Crippen LogP contribution < -0.4 is 5.32 Å². The number of nitrogens with zero attached hydrogens (tertiary/aromatic N) is 2. The second-order valence-electron chi connectivity index (χ2n) is 5.22. The first-order valence-electron chi connectivity index (χ1n) is 7.48. The standard InChI is InChI=1S/C16H22FN3O/c1-4-10-18-14(5-2)11(3)16-19-15(20-21-16)12-6-8-13(17)9-7-12/h6-9,11,14,18H,4-5,10H2,1-3H3. The number of halogens is 1. The Kier molecular flexibility index (Phi) is 5.44. The normalized spacial score (nSPS) is 14.1. The summed E-state index contributed by atoms with van der Waals surface area (Å²) in [4.78, 5) is 4.45. The van der Waals surface area contributed by atoms with Crippen LogP contribution in [0.15, 0.2) is 28.8 Å². The third kappa shape index (κ3) is 3.88. The molecule has 4 nitrogen and oxygen atoms in total. The van der Waals surface area contributed by atoms with Gasteiger partial charge in [0.2, 0.25) is 11.7 Å². The Morgan fingerprint density at radius 2 is 1.95 bits per heavy atom. The quantitative estimate of drug-likeness (QED) is 0.844. The van der Waals surface area contributed by atoms with Crippen molar-refractivity contribution in [2.24, 2.45) is 0 Å². The number of rotatable bonds is 7. The smallest absolute Gasteiger partial charge is 0.231 e. The summed E-state index contributed by atoms with van der Waals surface area (Å²) in [6.07, 6.45) is 2.09. The number of hydrogen-bond donors (Lipinski definition) is 1. The van der Waals surface area contributed by atoms with Crippen molar-refractivity contribution in [1.82, 2.24) is 15.5 Å². The van der Waals surface area contributed by atoms with Crippen molar-refractivity contribution in [2.75, 3.05) is 6.54 Å². The number of nitrogens with one attached hydrogen (secondary N) is 1. The lowest BCUT2D eigenvalue weighted by Crippen LogP contribution is -2.33. The van der Waals surface area contributed by atoms with Gasteiger partial charge >= 0.3 is 0 Å². The number of benzene rings is 1. The highest BCUT2D eigenvalue weighted by atomic mass is 19.1. The van der Waals surface area contributed by atoms with Gasteiger partial charge in [-0.1, -0.05) is 25.9 Å². The Bertz CT molecular complexity index is 553. The summed E-state index contributed by atoms with van der Waals surface area (Å²) in [6.45, 7) is 7.34. The average molecular weight is 291 g/mol. The zero-order chi connectivity index (χ0) is 15.2. The zero-order valence-electron chi connectivity index (χ0n) is 12.8. The number of aromatic nitrogens is 2. The summed E-state index contributed by atoms with van der Waals surface area (Å²) in [5.74, 6) is 0.987. The first-order chi connectivity index (χ1) is 10.2. The van der Waals surface area contributed by atoms with Crippen LogP contribution in [0.4, 0.5) is 4.39 Å². The molecule has 0 aliphatic heterocycles. The van der Waals surface area contributed by atoms with E-state index in [-0.39, 0.29) is 11.7 Å². The molecule has 1 heterocycles. The van der Waals surface area contributed by atoms with Crippen LogP contribution >= 0.6 is 0 Å². The second kappa shape index (κ2) is 7.31. The van der Waals surface area contributed by atoms with Crippen LogP contribution in [0.25, 0.3) is 11.4 Å². The van der Waals surface area contributed by atoms with E-state index in [0.29, 0.717) is 17.8 Å². The SMILES string of the molecule is CCCNC(CC)C(C)c1nc(-c2ccc(F)cc2)no1.